The van der Waals surface area contributed by atoms with Gasteiger partial charge in [-0.2, -0.15) is 0 Å². The van der Waals surface area contributed by atoms with Crippen molar-refractivity contribution in [3.05, 3.63) is 71.4 Å². The number of ether oxygens (including phenoxy) is 1. The van der Waals surface area contributed by atoms with Gasteiger partial charge >= 0.3 is 0 Å². The summed E-state index contributed by atoms with van der Waals surface area (Å²) in [6, 6.07) is 16.8. The van der Waals surface area contributed by atoms with Crippen molar-refractivity contribution in [1.82, 2.24) is 15.8 Å². The summed E-state index contributed by atoms with van der Waals surface area (Å²) in [7, 11) is 0. The highest BCUT2D eigenvalue weighted by molar-refractivity contribution is 5.94. The minimum Gasteiger partial charge on any atom is -0.486 e. The van der Waals surface area contributed by atoms with Crippen molar-refractivity contribution in [2.24, 2.45) is 0 Å². The average molecular weight is 393 g/mol. The third kappa shape index (κ3) is 5.08. The van der Waals surface area contributed by atoms with Crippen LogP contribution >= 0.6 is 0 Å². The molecule has 7 nitrogen and oxygen atoms in total. The monoisotopic (exact) mass is 393 g/mol. The second-order valence-corrected chi connectivity index (χ2v) is 6.70. The molecule has 1 aromatic heterocycles. The minimum absolute atomic E-state index is 0.000253. The number of rotatable bonds is 7. The smallest absolute Gasteiger partial charge is 0.251 e. The van der Waals surface area contributed by atoms with Crippen LogP contribution in [-0.4, -0.2) is 28.6 Å². The van der Waals surface area contributed by atoms with E-state index in [0.717, 1.165) is 22.2 Å². The number of nitrogens with zero attached hydrogens (tertiary/aromatic N) is 1. The summed E-state index contributed by atoms with van der Waals surface area (Å²) in [6.07, 6.45) is -0.196. The number of fused-ring (bicyclic) bond motifs is 1. The van der Waals surface area contributed by atoms with Gasteiger partial charge < -0.3 is 10.1 Å². The maximum absolute atomic E-state index is 12.1. The number of hydrogen-bond acceptors (Lipinski definition) is 5. The van der Waals surface area contributed by atoms with Crippen molar-refractivity contribution in [2.45, 2.75) is 26.4 Å². The summed E-state index contributed by atoms with van der Waals surface area (Å²) >= 11 is 0. The van der Waals surface area contributed by atoms with Crippen molar-refractivity contribution < 1.29 is 19.5 Å². The Labute approximate surface area is 168 Å². The third-order valence-corrected chi connectivity index (χ3v) is 4.51. The van der Waals surface area contributed by atoms with E-state index in [1.165, 1.54) is 5.48 Å². The Bertz CT molecular complexity index is 1020. The van der Waals surface area contributed by atoms with Gasteiger partial charge in [-0.1, -0.05) is 18.2 Å². The van der Waals surface area contributed by atoms with Gasteiger partial charge in [0.15, 0.2) is 0 Å². The molecule has 0 aliphatic heterocycles. The fourth-order valence-corrected chi connectivity index (χ4v) is 3.08. The Balaban J connectivity index is 1.67. The molecule has 0 bridgehead atoms. The fraction of sp³-hybridized carbons (Fsp3) is 0.227. The van der Waals surface area contributed by atoms with E-state index in [-0.39, 0.29) is 25.0 Å². The van der Waals surface area contributed by atoms with Gasteiger partial charge in [-0.3, -0.25) is 19.8 Å². The highest BCUT2D eigenvalue weighted by atomic mass is 16.5. The second-order valence-electron chi connectivity index (χ2n) is 6.70. The normalized spacial score (nSPS) is 11.7. The number of pyridine rings is 1. The number of benzene rings is 2. The summed E-state index contributed by atoms with van der Waals surface area (Å²) in [5.41, 5.74) is 4.89. The van der Waals surface area contributed by atoms with Crippen LogP contribution in [0.4, 0.5) is 0 Å². The predicted octanol–water partition coefficient (Wildman–Crippen LogP) is 3.31. The number of aromatic nitrogens is 1. The Morgan fingerprint density at radius 2 is 1.86 bits per heavy atom. The lowest BCUT2D eigenvalue weighted by atomic mass is 10.0. The maximum atomic E-state index is 12.1. The molecule has 0 fully saturated rings. The summed E-state index contributed by atoms with van der Waals surface area (Å²) in [4.78, 5) is 27.6. The Morgan fingerprint density at radius 1 is 1.14 bits per heavy atom. The zero-order valence-electron chi connectivity index (χ0n) is 16.3. The zero-order valence-corrected chi connectivity index (χ0v) is 16.3. The molecule has 3 rings (SSSR count). The number of hydroxylamine groups is 1. The summed E-state index contributed by atoms with van der Waals surface area (Å²) in [5.74, 6) is -0.208. The second kappa shape index (κ2) is 9.16. The van der Waals surface area contributed by atoms with E-state index < -0.39 is 5.91 Å². The number of carbonyl (C=O) groups is 2. The molecule has 1 atom stereocenters. The number of nitrogens with one attached hydrogen (secondary N) is 2. The molecular formula is C22H23N3O4. The van der Waals surface area contributed by atoms with Gasteiger partial charge in [-0.05, 0) is 50.2 Å². The van der Waals surface area contributed by atoms with Gasteiger partial charge in [0.25, 0.3) is 5.91 Å². The summed E-state index contributed by atoms with van der Waals surface area (Å²) < 4.78 is 6.09. The first-order chi connectivity index (χ1) is 14.0. The van der Waals surface area contributed by atoms with E-state index in [2.05, 4.69) is 10.3 Å². The van der Waals surface area contributed by atoms with Gasteiger partial charge in [0.05, 0.1) is 5.52 Å². The van der Waals surface area contributed by atoms with Gasteiger partial charge in [0.1, 0.15) is 11.9 Å². The lowest BCUT2D eigenvalue weighted by molar-refractivity contribution is -0.129. The zero-order chi connectivity index (χ0) is 20.8. The standard InChI is InChI=1S/C22H23N3O4/c1-14-13-19(18-5-3-4-6-20(18)24-14)15(2)29-17-9-7-16(8-10-17)22(27)23-12-11-21(26)25-28/h3-10,13,15,28H,11-12H2,1-2H3,(H,23,27)(H,25,26). The Hall–Kier alpha value is -3.45. The Kier molecular flexibility index (Phi) is 6.41. The highest BCUT2D eigenvalue weighted by Crippen LogP contribution is 2.28. The highest BCUT2D eigenvalue weighted by Gasteiger charge is 2.13. The van der Waals surface area contributed by atoms with Crippen molar-refractivity contribution in [1.29, 1.82) is 0 Å². The topological polar surface area (TPSA) is 101 Å². The number of para-hydroxylation sites is 1. The average Bonchev–Trinajstić information content (AvgIpc) is 2.73. The molecule has 29 heavy (non-hydrogen) atoms. The van der Waals surface area contributed by atoms with Gasteiger partial charge in [0.2, 0.25) is 5.91 Å². The largest absolute Gasteiger partial charge is 0.486 e. The number of carbonyl (C=O) groups excluding carboxylic acids is 2. The van der Waals surface area contributed by atoms with Gasteiger partial charge in [-0.15, -0.1) is 0 Å². The first kappa shape index (κ1) is 20.3. The molecular weight excluding hydrogens is 370 g/mol. The molecule has 150 valence electrons. The van der Waals surface area contributed by atoms with Crippen LogP contribution in [0.2, 0.25) is 0 Å². The van der Waals surface area contributed by atoms with Crippen molar-refractivity contribution in [2.75, 3.05) is 6.54 Å². The molecule has 2 amide bonds. The van der Waals surface area contributed by atoms with Crippen LogP contribution in [0, 0.1) is 6.92 Å². The molecule has 7 heteroatoms. The van der Waals surface area contributed by atoms with Crippen LogP contribution < -0.4 is 15.5 Å². The van der Waals surface area contributed by atoms with Crippen molar-refractivity contribution in [3.63, 3.8) is 0 Å². The van der Waals surface area contributed by atoms with Gasteiger partial charge in [0, 0.05) is 35.2 Å². The molecule has 3 N–H and O–H groups in total. The van der Waals surface area contributed by atoms with Crippen LogP contribution in [0.15, 0.2) is 54.6 Å². The molecule has 0 radical (unpaired) electrons. The van der Waals surface area contributed by atoms with E-state index in [4.69, 9.17) is 9.94 Å². The van der Waals surface area contributed by atoms with Crippen LogP contribution in [-0.2, 0) is 4.79 Å². The first-order valence-electron chi connectivity index (χ1n) is 9.32. The molecule has 3 aromatic rings. The number of aryl methyl sites for hydroxylation is 1. The van der Waals surface area contributed by atoms with E-state index in [1.54, 1.807) is 24.3 Å². The van der Waals surface area contributed by atoms with E-state index in [0.29, 0.717) is 11.3 Å². The molecule has 0 saturated carbocycles. The first-order valence-corrected chi connectivity index (χ1v) is 9.32. The molecule has 0 spiro atoms. The van der Waals surface area contributed by atoms with E-state index >= 15 is 0 Å². The van der Waals surface area contributed by atoms with Crippen molar-refractivity contribution >= 4 is 22.7 Å². The van der Waals surface area contributed by atoms with Crippen LogP contribution in [0.3, 0.4) is 0 Å². The van der Waals surface area contributed by atoms with Crippen LogP contribution in [0.25, 0.3) is 10.9 Å². The lowest BCUT2D eigenvalue weighted by Crippen LogP contribution is -2.29. The summed E-state index contributed by atoms with van der Waals surface area (Å²) in [6.45, 7) is 4.07. The van der Waals surface area contributed by atoms with E-state index in [9.17, 15) is 9.59 Å². The van der Waals surface area contributed by atoms with Crippen LogP contribution in [0.1, 0.15) is 41.1 Å². The quantitative estimate of drug-likeness (QED) is 0.422. The molecule has 0 aliphatic carbocycles. The van der Waals surface area contributed by atoms with E-state index in [1.807, 2.05) is 44.2 Å². The number of amides is 2. The minimum atomic E-state index is -0.554. The molecule has 1 unspecified atom stereocenters. The molecule has 0 aliphatic rings. The molecule has 2 aromatic carbocycles. The van der Waals surface area contributed by atoms with Crippen LogP contribution in [0.5, 0.6) is 5.75 Å². The third-order valence-electron chi connectivity index (χ3n) is 4.51. The predicted molar refractivity (Wildman–Crippen MR) is 109 cm³/mol. The van der Waals surface area contributed by atoms with Crippen molar-refractivity contribution in [3.8, 4) is 5.75 Å². The molecule has 1 heterocycles. The lowest BCUT2D eigenvalue weighted by Gasteiger charge is -2.18. The van der Waals surface area contributed by atoms with Gasteiger partial charge in [-0.25, -0.2) is 5.48 Å². The maximum Gasteiger partial charge on any atom is 0.251 e. The molecule has 0 saturated heterocycles. The number of hydrogen-bond donors (Lipinski definition) is 3. The Morgan fingerprint density at radius 3 is 2.59 bits per heavy atom. The summed E-state index contributed by atoms with van der Waals surface area (Å²) in [5, 5.41) is 12.1. The SMILES string of the molecule is Cc1cc(C(C)Oc2ccc(C(=O)NCCC(=O)NO)cc2)c2ccccc2n1. The fourth-order valence-electron chi connectivity index (χ4n) is 3.08.